The monoisotopic (exact) mass is 357 g/mol. The van der Waals surface area contributed by atoms with Gasteiger partial charge in [-0.1, -0.05) is 92.5 Å². The SMILES string of the molecule is CCCCCCCCCc1cc(Cl)cc(C(=NO)c2ccccc2)c1. The average Bonchev–Trinajstić information content (AvgIpc) is 2.62. The molecule has 0 spiro atoms. The van der Waals surface area contributed by atoms with E-state index in [0.29, 0.717) is 10.7 Å². The Balaban J connectivity index is 1.98. The minimum Gasteiger partial charge on any atom is -0.410 e. The zero-order chi connectivity index (χ0) is 17.9. The van der Waals surface area contributed by atoms with Gasteiger partial charge in [0.15, 0.2) is 0 Å². The van der Waals surface area contributed by atoms with E-state index in [1.165, 1.54) is 50.5 Å². The lowest BCUT2D eigenvalue weighted by atomic mass is 9.98. The normalized spacial score (nSPS) is 11.7. The van der Waals surface area contributed by atoms with Crippen molar-refractivity contribution < 1.29 is 5.21 Å². The molecule has 0 amide bonds. The molecule has 0 fully saturated rings. The van der Waals surface area contributed by atoms with Crippen LogP contribution in [0.3, 0.4) is 0 Å². The molecule has 1 N–H and O–H groups in total. The van der Waals surface area contributed by atoms with Crippen molar-refractivity contribution >= 4 is 17.3 Å². The van der Waals surface area contributed by atoms with Crippen molar-refractivity contribution in [2.45, 2.75) is 58.3 Å². The van der Waals surface area contributed by atoms with Crippen molar-refractivity contribution in [3.63, 3.8) is 0 Å². The topological polar surface area (TPSA) is 32.6 Å². The molecule has 134 valence electrons. The summed E-state index contributed by atoms with van der Waals surface area (Å²) in [5.41, 5.74) is 3.50. The zero-order valence-corrected chi connectivity index (χ0v) is 15.8. The maximum Gasteiger partial charge on any atom is 0.117 e. The summed E-state index contributed by atoms with van der Waals surface area (Å²) >= 11 is 6.30. The highest BCUT2D eigenvalue weighted by Crippen LogP contribution is 2.21. The molecule has 0 radical (unpaired) electrons. The minimum absolute atomic E-state index is 0.559. The quantitative estimate of drug-likeness (QED) is 0.214. The van der Waals surface area contributed by atoms with Crippen molar-refractivity contribution in [2.24, 2.45) is 5.16 Å². The van der Waals surface area contributed by atoms with Crippen LogP contribution in [0.2, 0.25) is 5.02 Å². The van der Waals surface area contributed by atoms with Gasteiger partial charge in [0.25, 0.3) is 0 Å². The summed E-state index contributed by atoms with van der Waals surface area (Å²) in [6.07, 6.45) is 10.1. The fraction of sp³-hybridized carbons (Fsp3) is 0.409. The van der Waals surface area contributed by atoms with E-state index in [9.17, 15) is 5.21 Å². The molecule has 0 aliphatic heterocycles. The van der Waals surface area contributed by atoms with Crippen LogP contribution >= 0.6 is 11.6 Å². The molecule has 0 saturated carbocycles. The van der Waals surface area contributed by atoms with Crippen LogP contribution in [0, 0.1) is 0 Å². The van der Waals surface area contributed by atoms with Crippen molar-refractivity contribution in [2.75, 3.05) is 0 Å². The fourth-order valence-corrected chi connectivity index (χ4v) is 3.35. The van der Waals surface area contributed by atoms with Crippen LogP contribution in [0.15, 0.2) is 53.7 Å². The third-order valence-corrected chi connectivity index (χ3v) is 4.67. The zero-order valence-electron chi connectivity index (χ0n) is 15.0. The molecule has 3 heteroatoms. The van der Waals surface area contributed by atoms with Gasteiger partial charge in [-0.15, -0.1) is 0 Å². The average molecular weight is 358 g/mol. The second-order valence-electron chi connectivity index (χ2n) is 6.53. The molecule has 25 heavy (non-hydrogen) atoms. The Bertz CT molecular complexity index is 667. The Morgan fingerprint density at radius 2 is 1.56 bits per heavy atom. The van der Waals surface area contributed by atoms with E-state index in [-0.39, 0.29) is 0 Å². The second kappa shape index (κ2) is 10.9. The van der Waals surface area contributed by atoms with Crippen molar-refractivity contribution in [3.05, 3.63) is 70.2 Å². The third-order valence-electron chi connectivity index (χ3n) is 4.45. The Hall–Kier alpha value is -1.80. The van der Waals surface area contributed by atoms with E-state index >= 15 is 0 Å². The van der Waals surface area contributed by atoms with Crippen molar-refractivity contribution in [3.8, 4) is 0 Å². The van der Waals surface area contributed by atoms with Crippen LogP contribution in [0.4, 0.5) is 0 Å². The lowest BCUT2D eigenvalue weighted by Gasteiger charge is -2.09. The van der Waals surface area contributed by atoms with E-state index in [0.717, 1.165) is 17.5 Å². The van der Waals surface area contributed by atoms with E-state index in [1.807, 2.05) is 42.5 Å². The summed E-state index contributed by atoms with van der Waals surface area (Å²) in [7, 11) is 0. The van der Waals surface area contributed by atoms with Gasteiger partial charge in [-0.05, 0) is 36.6 Å². The van der Waals surface area contributed by atoms with Gasteiger partial charge in [0.1, 0.15) is 5.71 Å². The standard InChI is InChI=1S/C22H28ClNO/c1-2-3-4-5-6-7-9-12-18-15-20(17-21(23)16-18)22(24-25)19-13-10-8-11-14-19/h8,10-11,13-17,25H,2-7,9,12H2,1H3. The highest BCUT2D eigenvalue weighted by atomic mass is 35.5. The van der Waals surface area contributed by atoms with Crippen LogP contribution in [0.1, 0.15) is 68.6 Å². The van der Waals surface area contributed by atoms with Crippen LogP contribution in [-0.4, -0.2) is 10.9 Å². The molecule has 2 rings (SSSR count). The molecule has 0 aromatic heterocycles. The summed E-state index contributed by atoms with van der Waals surface area (Å²) < 4.78 is 0. The van der Waals surface area contributed by atoms with Crippen LogP contribution in [0.5, 0.6) is 0 Å². The first-order valence-electron chi connectivity index (χ1n) is 9.32. The third kappa shape index (κ3) is 6.55. The largest absolute Gasteiger partial charge is 0.410 e. The predicted octanol–water partition coefficient (Wildman–Crippen LogP) is 6.86. The molecular weight excluding hydrogens is 330 g/mol. The van der Waals surface area contributed by atoms with Gasteiger partial charge >= 0.3 is 0 Å². The summed E-state index contributed by atoms with van der Waals surface area (Å²) in [4.78, 5) is 0. The maximum absolute atomic E-state index is 9.48. The Morgan fingerprint density at radius 3 is 2.24 bits per heavy atom. The number of halogens is 1. The van der Waals surface area contributed by atoms with Gasteiger partial charge in [-0.2, -0.15) is 0 Å². The second-order valence-corrected chi connectivity index (χ2v) is 6.97. The molecule has 0 bridgehead atoms. The molecule has 0 heterocycles. The molecule has 2 aromatic carbocycles. The fourth-order valence-electron chi connectivity index (χ4n) is 3.10. The number of rotatable bonds is 10. The maximum atomic E-state index is 9.48. The van der Waals surface area contributed by atoms with Gasteiger partial charge in [0, 0.05) is 16.1 Å². The summed E-state index contributed by atoms with van der Waals surface area (Å²) in [6.45, 7) is 2.25. The number of unbranched alkanes of at least 4 members (excludes halogenated alkanes) is 6. The molecule has 0 unspecified atom stereocenters. The first-order chi connectivity index (χ1) is 12.2. The van der Waals surface area contributed by atoms with Gasteiger partial charge in [-0.25, -0.2) is 0 Å². The molecule has 0 atom stereocenters. The van der Waals surface area contributed by atoms with Crippen LogP contribution in [0.25, 0.3) is 0 Å². The number of nitrogens with zero attached hydrogens (tertiary/aromatic N) is 1. The summed E-state index contributed by atoms with van der Waals surface area (Å²) in [5, 5.41) is 13.7. The molecule has 0 saturated heterocycles. The number of hydrogen-bond acceptors (Lipinski definition) is 2. The number of benzene rings is 2. The Labute approximate surface area is 156 Å². The number of hydrogen-bond donors (Lipinski definition) is 1. The smallest absolute Gasteiger partial charge is 0.117 e. The molecule has 2 nitrogen and oxygen atoms in total. The van der Waals surface area contributed by atoms with Crippen molar-refractivity contribution in [1.29, 1.82) is 0 Å². The van der Waals surface area contributed by atoms with E-state index in [1.54, 1.807) is 0 Å². The predicted molar refractivity (Wildman–Crippen MR) is 107 cm³/mol. The molecule has 2 aromatic rings. The van der Waals surface area contributed by atoms with Crippen molar-refractivity contribution in [1.82, 2.24) is 0 Å². The Kier molecular flexibility index (Phi) is 8.54. The molecule has 0 aliphatic rings. The molecule has 0 aliphatic carbocycles. The van der Waals surface area contributed by atoms with Crippen LogP contribution < -0.4 is 0 Å². The van der Waals surface area contributed by atoms with E-state index in [4.69, 9.17) is 11.6 Å². The lowest BCUT2D eigenvalue weighted by Crippen LogP contribution is -2.04. The van der Waals surface area contributed by atoms with E-state index < -0.39 is 0 Å². The summed E-state index contributed by atoms with van der Waals surface area (Å²) in [6, 6.07) is 15.7. The Morgan fingerprint density at radius 1 is 0.880 bits per heavy atom. The minimum atomic E-state index is 0.559. The first kappa shape index (κ1) is 19.5. The van der Waals surface area contributed by atoms with Crippen LogP contribution in [-0.2, 0) is 6.42 Å². The highest BCUT2D eigenvalue weighted by molar-refractivity contribution is 6.31. The number of oxime groups is 1. The number of aryl methyl sites for hydroxylation is 1. The lowest BCUT2D eigenvalue weighted by molar-refractivity contribution is 0.319. The summed E-state index contributed by atoms with van der Waals surface area (Å²) in [5.74, 6) is 0. The van der Waals surface area contributed by atoms with Gasteiger partial charge in [-0.3, -0.25) is 0 Å². The highest BCUT2D eigenvalue weighted by Gasteiger charge is 2.10. The van der Waals surface area contributed by atoms with Gasteiger partial charge < -0.3 is 5.21 Å². The molecular formula is C22H28ClNO. The van der Waals surface area contributed by atoms with Gasteiger partial charge in [0.2, 0.25) is 0 Å². The van der Waals surface area contributed by atoms with E-state index in [2.05, 4.69) is 18.1 Å². The first-order valence-corrected chi connectivity index (χ1v) is 9.69. The van der Waals surface area contributed by atoms with Gasteiger partial charge in [0.05, 0.1) is 0 Å².